The summed E-state index contributed by atoms with van der Waals surface area (Å²) in [6, 6.07) is 1.73. The summed E-state index contributed by atoms with van der Waals surface area (Å²) in [5.41, 5.74) is -1.36. The summed E-state index contributed by atoms with van der Waals surface area (Å²) in [7, 11) is 0. The zero-order valence-corrected chi connectivity index (χ0v) is 13.8. The molecule has 7 nitrogen and oxygen atoms in total. The van der Waals surface area contributed by atoms with Crippen LogP contribution in [0.2, 0.25) is 0 Å². The second-order valence-electron chi connectivity index (χ2n) is 6.85. The van der Waals surface area contributed by atoms with Gasteiger partial charge in [-0.25, -0.2) is 4.79 Å². The van der Waals surface area contributed by atoms with Gasteiger partial charge >= 0.3 is 5.69 Å². The SMILES string of the molecule is CC1CCN(C(=O)CCn2cc(C#N)c(=O)[nH]c2=O)CC1(C)C. The first-order chi connectivity index (χ1) is 10.7. The topological polar surface area (TPSA) is 99.0 Å². The fourth-order valence-corrected chi connectivity index (χ4v) is 2.81. The van der Waals surface area contributed by atoms with Gasteiger partial charge in [0, 0.05) is 32.3 Å². The van der Waals surface area contributed by atoms with Gasteiger partial charge in [-0.2, -0.15) is 5.26 Å². The Morgan fingerprint density at radius 3 is 2.78 bits per heavy atom. The lowest BCUT2D eigenvalue weighted by Crippen LogP contribution is -2.47. The minimum atomic E-state index is -0.702. The first kappa shape index (κ1) is 17.0. The van der Waals surface area contributed by atoms with Gasteiger partial charge in [-0.05, 0) is 17.8 Å². The summed E-state index contributed by atoms with van der Waals surface area (Å²) in [5.74, 6) is 0.549. The number of aromatic nitrogens is 2. The van der Waals surface area contributed by atoms with Crippen LogP contribution < -0.4 is 11.2 Å². The van der Waals surface area contributed by atoms with Crippen molar-refractivity contribution in [3.63, 3.8) is 0 Å². The van der Waals surface area contributed by atoms with Crippen LogP contribution in [0.5, 0.6) is 0 Å². The number of aryl methyl sites for hydroxylation is 1. The number of H-pyrrole nitrogens is 1. The van der Waals surface area contributed by atoms with Crippen molar-refractivity contribution in [3.05, 3.63) is 32.6 Å². The maximum Gasteiger partial charge on any atom is 0.328 e. The summed E-state index contributed by atoms with van der Waals surface area (Å²) < 4.78 is 1.20. The molecule has 0 bridgehead atoms. The lowest BCUT2D eigenvalue weighted by atomic mass is 9.75. The Morgan fingerprint density at radius 2 is 2.17 bits per heavy atom. The smallest absolute Gasteiger partial charge is 0.328 e. The van der Waals surface area contributed by atoms with Crippen LogP contribution in [-0.2, 0) is 11.3 Å². The van der Waals surface area contributed by atoms with Crippen molar-refractivity contribution in [1.29, 1.82) is 5.26 Å². The molecule has 1 saturated heterocycles. The van der Waals surface area contributed by atoms with Crippen LogP contribution in [-0.4, -0.2) is 33.4 Å². The predicted molar refractivity (Wildman–Crippen MR) is 84.8 cm³/mol. The van der Waals surface area contributed by atoms with Crippen LogP contribution in [0, 0.1) is 22.7 Å². The molecule has 1 aromatic heterocycles. The number of nitrogens with one attached hydrogen (secondary N) is 1. The fourth-order valence-electron chi connectivity index (χ4n) is 2.81. The number of hydrogen-bond donors (Lipinski definition) is 1. The lowest BCUT2D eigenvalue weighted by Gasteiger charge is -2.43. The molecule has 0 aromatic carbocycles. The van der Waals surface area contributed by atoms with Gasteiger partial charge in [0.05, 0.1) is 0 Å². The molecular formula is C16H22N4O3. The van der Waals surface area contributed by atoms with Gasteiger partial charge in [-0.3, -0.25) is 19.1 Å². The van der Waals surface area contributed by atoms with Crippen LogP contribution in [0.15, 0.2) is 15.8 Å². The Morgan fingerprint density at radius 1 is 1.48 bits per heavy atom. The molecule has 1 N–H and O–H groups in total. The van der Waals surface area contributed by atoms with E-state index in [1.54, 1.807) is 6.07 Å². The maximum absolute atomic E-state index is 12.4. The summed E-state index contributed by atoms with van der Waals surface area (Å²) in [5, 5.41) is 8.84. The largest absolute Gasteiger partial charge is 0.342 e. The summed E-state index contributed by atoms with van der Waals surface area (Å²) in [4.78, 5) is 39.4. The highest BCUT2D eigenvalue weighted by Crippen LogP contribution is 2.34. The average molecular weight is 318 g/mol. The Labute approximate surface area is 134 Å². The number of carbonyl (C=O) groups is 1. The van der Waals surface area contributed by atoms with Crippen molar-refractivity contribution in [3.8, 4) is 6.07 Å². The van der Waals surface area contributed by atoms with Crippen molar-refractivity contribution in [1.82, 2.24) is 14.5 Å². The van der Waals surface area contributed by atoms with Gasteiger partial charge in [0.15, 0.2) is 0 Å². The molecular weight excluding hydrogens is 296 g/mol. The molecule has 1 aromatic rings. The number of nitrogens with zero attached hydrogens (tertiary/aromatic N) is 3. The van der Waals surface area contributed by atoms with Crippen LogP contribution in [0.4, 0.5) is 0 Å². The van der Waals surface area contributed by atoms with Gasteiger partial charge in [0.1, 0.15) is 11.6 Å². The number of nitriles is 1. The number of hydrogen-bond acceptors (Lipinski definition) is 4. The summed E-state index contributed by atoms with van der Waals surface area (Å²) in [6.07, 6.45) is 2.34. The van der Waals surface area contributed by atoms with E-state index in [0.29, 0.717) is 12.5 Å². The van der Waals surface area contributed by atoms with E-state index in [9.17, 15) is 14.4 Å². The highest BCUT2D eigenvalue weighted by atomic mass is 16.2. The van der Waals surface area contributed by atoms with E-state index in [0.717, 1.165) is 13.0 Å². The molecule has 1 amide bonds. The van der Waals surface area contributed by atoms with E-state index in [2.05, 4.69) is 25.8 Å². The van der Waals surface area contributed by atoms with E-state index in [4.69, 9.17) is 5.26 Å². The third kappa shape index (κ3) is 3.70. The molecule has 2 rings (SSSR count). The monoisotopic (exact) mass is 318 g/mol. The number of aromatic amines is 1. The minimum absolute atomic E-state index is 0.0124. The highest BCUT2D eigenvalue weighted by molar-refractivity contribution is 5.76. The molecule has 0 saturated carbocycles. The Hall–Kier alpha value is -2.36. The zero-order valence-electron chi connectivity index (χ0n) is 13.8. The molecule has 1 aliphatic heterocycles. The van der Waals surface area contributed by atoms with E-state index >= 15 is 0 Å². The molecule has 1 atom stereocenters. The van der Waals surface area contributed by atoms with E-state index in [1.807, 2.05) is 4.90 Å². The molecule has 1 fully saturated rings. The highest BCUT2D eigenvalue weighted by Gasteiger charge is 2.34. The first-order valence-electron chi connectivity index (χ1n) is 7.76. The van der Waals surface area contributed by atoms with Crippen molar-refractivity contribution >= 4 is 5.91 Å². The van der Waals surface area contributed by atoms with Crippen molar-refractivity contribution < 1.29 is 4.79 Å². The Balaban J connectivity index is 2.04. The van der Waals surface area contributed by atoms with Crippen LogP contribution >= 0.6 is 0 Å². The second-order valence-corrected chi connectivity index (χ2v) is 6.85. The molecule has 7 heteroatoms. The van der Waals surface area contributed by atoms with Crippen LogP contribution in [0.3, 0.4) is 0 Å². The molecule has 0 radical (unpaired) electrons. The molecule has 124 valence electrons. The number of rotatable bonds is 3. The van der Waals surface area contributed by atoms with Crippen molar-refractivity contribution in [2.75, 3.05) is 13.1 Å². The summed E-state index contributed by atoms with van der Waals surface area (Å²) in [6.45, 7) is 8.09. The third-order valence-electron chi connectivity index (χ3n) is 4.82. The van der Waals surface area contributed by atoms with Gasteiger partial charge in [0.25, 0.3) is 5.56 Å². The molecule has 0 aliphatic carbocycles. The number of amides is 1. The molecule has 23 heavy (non-hydrogen) atoms. The van der Waals surface area contributed by atoms with Gasteiger partial charge < -0.3 is 4.90 Å². The quantitative estimate of drug-likeness (QED) is 0.886. The maximum atomic E-state index is 12.4. The first-order valence-corrected chi connectivity index (χ1v) is 7.76. The average Bonchev–Trinajstić information content (AvgIpc) is 2.48. The molecule has 0 spiro atoms. The number of likely N-dealkylation sites (tertiary alicyclic amines) is 1. The molecule has 1 unspecified atom stereocenters. The fraction of sp³-hybridized carbons (Fsp3) is 0.625. The van der Waals surface area contributed by atoms with Crippen LogP contribution in [0.25, 0.3) is 0 Å². The van der Waals surface area contributed by atoms with Crippen molar-refractivity contribution in [2.24, 2.45) is 11.3 Å². The standard InChI is InChI=1S/C16H22N4O3/c1-11-4-6-20(10-16(11,2)3)13(21)5-7-19-9-12(8-17)14(22)18-15(19)23/h9,11H,4-7,10H2,1-3H3,(H,18,22,23). The third-order valence-corrected chi connectivity index (χ3v) is 4.82. The zero-order chi connectivity index (χ0) is 17.2. The lowest BCUT2D eigenvalue weighted by molar-refractivity contribution is -0.135. The van der Waals surface area contributed by atoms with E-state index in [-0.39, 0.29) is 29.9 Å². The number of piperidine rings is 1. The van der Waals surface area contributed by atoms with Crippen molar-refractivity contribution in [2.45, 2.75) is 40.2 Å². The Bertz CT molecular complexity index is 754. The van der Waals surface area contributed by atoms with Gasteiger partial charge in [-0.1, -0.05) is 20.8 Å². The Kier molecular flexibility index (Phi) is 4.73. The van der Waals surface area contributed by atoms with E-state index < -0.39 is 11.2 Å². The second kappa shape index (κ2) is 6.41. The summed E-state index contributed by atoms with van der Waals surface area (Å²) >= 11 is 0. The van der Waals surface area contributed by atoms with Gasteiger partial charge in [-0.15, -0.1) is 0 Å². The minimum Gasteiger partial charge on any atom is -0.342 e. The van der Waals surface area contributed by atoms with E-state index in [1.165, 1.54) is 10.8 Å². The van der Waals surface area contributed by atoms with Gasteiger partial charge in [0.2, 0.25) is 5.91 Å². The normalized spacial score (nSPS) is 20.1. The number of carbonyl (C=O) groups excluding carboxylic acids is 1. The molecule has 2 heterocycles. The molecule has 1 aliphatic rings. The van der Waals surface area contributed by atoms with Crippen LogP contribution in [0.1, 0.15) is 39.2 Å². The predicted octanol–water partition coefficient (Wildman–Crippen LogP) is 0.693.